The quantitative estimate of drug-likeness (QED) is 0.663. The highest BCUT2D eigenvalue weighted by Crippen LogP contribution is 2.25. The second-order valence-electron chi connectivity index (χ2n) is 5.41. The van der Waals surface area contributed by atoms with Crippen molar-refractivity contribution in [1.82, 2.24) is 10.6 Å². The van der Waals surface area contributed by atoms with E-state index >= 15 is 0 Å². The predicted molar refractivity (Wildman–Crippen MR) is 75.6 cm³/mol. The monoisotopic (exact) mass is 286 g/mol. The van der Waals surface area contributed by atoms with Gasteiger partial charge >= 0.3 is 12.0 Å². The van der Waals surface area contributed by atoms with Crippen molar-refractivity contribution in [2.24, 2.45) is 11.3 Å². The van der Waals surface area contributed by atoms with Crippen LogP contribution < -0.4 is 10.6 Å². The molecule has 1 rings (SSSR count). The van der Waals surface area contributed by atoms with Gasteiger partial charge in [-0.3, -0.25) is 4.79 Å². The Bertz CT molecular complexity index is 323. The molecule has 1 aliphatic rings. The molecule has 0 aromatic rings. The number of nitrogens with one attached hydrogen (secondary N) is 2. The summed E-state index contributed by atoms with van der Waals surface area (Å²) in [5.41, 5.74) is -0.865. The van der Waals surface area contributed by atoms with Crippen LogP contribution in [0.5, 0.6) is 0 Å². The Hall–Kier alpha value is -1.30. The zero-order valence-electron chi connectivity index (χ0n) is 12.4. The van der Waals surface area contributed by atoms with Crippen molar-refractivity contribution in [3.8, 4) is 0 Å². The molecule has 1 aliphatic heterocycles. The first kappa shape index (κ1) is 16.8. The average Bonchev–Trinajstić information content (AvgIpc) is 2.47. The molecule has 0 aliphatic carbocycles. The second kappa shape index (κ2) is 8.09. The number of carbonyl (C=O) groups excluding carboxylic acids is 1. The molecule has 1 fully saturated rings. The summed E-state index contributed by atoms with van der Waals surface area (Å²) in [6.45, 7) is 5.95. The fourth-order valence-corrected chi connectivity index (χ4v) is 2.38. The van der Waals surface area contributed by atoms with Crippen LogP contribution in [0.2, 0.25) is 0 Å². The molecule has 1 heterocycles. The standard InChI is InChI=1S/C14H26N2O4/c1-3-14(4-2,12(17)18)10-16-13(19)15-9-11-5-7-20-8-6-11/h11H,3-10H2,1-2H3,(H,17,18)(H2,15,16,19). The number of carboxylic acid groups (broad SMARTS) is 1. The van der Waals surface area contributed by atoms with Crippen LogP contribution in [0.25, 0.3) is 0 Å². The lowest BCUT2D eigenvalue weighted by Crippen LogP contribution is -2.46. The Morgan fingerprint density at radius 3 is 2.30 bits per heavy atom. The van der Waals surface area contributed by atoms with E-state index in [1.807, 2.05) is 13.8 Å². The van der Waals surface area contributed by atoms with Gasteiger partial charge in [-0.1, -0.05) is 13.8 Å². The molecule has 116 valence electrons. The first-order valence-corrected chi connectivity index (χ1v) is 7.37. The summed E-state index contributed by atoms with van der Waals surface area (Å²) in [7, 11) is 0. The van der Waals surface area contributed by atoms with Gasteiger partial charge in [-0.25, -0.2) is 4.79 Å². The Morgan fingerprint density at radius 1 is 1.20 bits per heavy atom. The lowest BCUT2D eigenvalue weighted by molar-refractivity contribution is -0.149. The zero-order valence-corrected chi connectivity index (χ0v) is 12.4. The predicted octanol–water partition coefficient (Wildman–Crippen LogP) is 1.60. The molecule has 6 nitrogen and oxygen atoms in total. The molecule has 0 aromatic heterocycles. The zero-order chi connectivity index (χ0) is 15.0. The van der Waals surface area contributed by atoms with Gasteiger partial charge in [-0.05, 0) is 31.6 Å². The van der Waals surface area contributed by atoms with Gasteiger partial charge in [0.25, 0.3) is 0 Å². The molecule has 20 heavy (non-hydrogen) atoms. The van der Waals surface area contributed by atoms with Gasteiger partial charge < -0.3 is 20.5 Å². The van der Waals surface area contributed by atoms with Gasteiger partial charge in [0.2, 0.25) is 0 Å². The Morgan fingerprint density at radius 2 is 1.80 bits per heavy atom. The van der Waals surface area contributed by atoms with Crippen LogP contribution in [-0.4, -0.2) is 43.4 Å². The van der Waals surface area contributed by atoms with Crippen molar-refractivity contribution in [3.63, 3.8) is 0 Å². The van der Waals surface area contributed by atoms with Crippen molar-refractivity contribution in [1.29, 1.82) is 0 Å². The van der Waals surface area contributed by atoms with Crippen molar-refractivity contribution in [2.45, 2.75) is 39.5 Å². The van der Waals surface area contributed by atoms with E-state index in [4.69, 9.17) is 4.74 Å². The molecule has 6 heteroatoms. The lowest BCUT2D eigenvalue weighted by atomic mass is 9.82. The summed E-state index contributed by atoms with van der Waals surface area (Å²) in [6, 6.07) is -0.288. The number of hydrogen-bond acceptors (Lipinski definition) is 3. The third kappa shape index (κ3) is 4.67. The molecule has 0 spiro atoms. The number of rotatable bonds is 7. The number of carboxylic acids is 1. The molecule has 0 bridgehead atoms. The third-order valence-electron chi connectivity index (χ3n) is 4.29. The summed E-state index contributed by atoms with van der Waals surface area (Å²) in [4.78, 5) is 23.1. The van der Waals surface area contributed by atoms with Gasteiger partial charge in [0.15, 0.2) is 0 Å². The summed E-state index contributed by atoms with van der Waals surface area (Å²) in [5.74, 6) is -0.400. The smallest absolute Gasteiger partial charge is 0.314 e. The van der Waals surface area contributed by atoms with Crippen LogP contribution in [0.3, 0.4) is 0 Å². The summed E-state index contributed by atoms with van der Waals surface area (Å²) >= 11 is 0. The number of urea groups is 1. The maximum atomic E-state index is 11.7. The van der Waals surface area contributed by atoms with E-state index in [9.17, 15) is 14.7 Å². The van der Waals surface area contributed by atoms with E-state index in [0.29, 0.717) is 25.3 Å². The highest BCUT2D eigenvalue weighted by Gasteiger charge is 2.35. The normalized spacial score (nSPS) is 16.7. The molecule has 0 radical (unpaired) electrons. The molecule has 2 amide bonds. The summed E-state index contributed by atoms with van der Waals surface area (Å²) < 4.78 is 5.26. The van der Waals surface area contributed by atoms with E-state index in [-0.39, 0.29) is 12.6 Å². The minimum atomic E-state index is -0.865. The Kier molecular flexibility index (Phi) is 6.78. The molecular formula is C14H26N2O4. The van der Waals surface area contributed by atoms with Crippen molar-refractivity contribution in [2.75, 3.05) is 26.3 Å². The molecule has 3 N–H and O–H groups in total. The Balaban J connectivity index is 2.32. The molecule has 0 aromatic carbocycles. The fraction of sp³-hybridized carbons (Fsp3) is 0.857. The minimum absolute atomic E-state index is 0.162. The van der Waals surface area contributed by atoms with Crippen molar-refractivity contribution >= 4 is 12.0 Å². The van der Waals surface area contributed by atoms with Crippen LogP contribution in [0.15, 0.2) is 0 Å². The second-order valence-corrected chi connectivity index (χ2v) is 5.41. The number of amides is 2. The van der Waals surface area contributed by atoms with Gasteiger partial charge in [-0.15, -0.1) is 0 Å². The topological polar surface area (TPSA) is 87.7 Å². The number of ether oxygens (including phenoxy) is 1. The van der Waals surface area contributed by atoms with E-state index in [0.717, 1.165) is 26.1 Å². The fourth-order valence-electron chi connectivity index (χ4n) is 2.38. The van der Waals surface area contributed by atoms with Crippen LogP contribution in [-0.2, 0) is 9.53 Å². The molecular weight excluding hydrogens is 260 g/mol. The van der Waals surface area contributed by atoms with Gasteiger partial charge in [0, 0.05) is 26.3 Å². The van der Waals surface area contributed by atoms with Crippen LogP contribution >= 0.6 is 0 Å². The maximum absolute atomic E-state index is 11.7. The first-order valence-electron chi connectivity index (χ1n) is 7.37. The van der Waals surface area contributed by atoms with Gasteiger partial charge in [0.05, 0.1) is 5.41 Å². The third-order valence-corrected chi connectivity index (χ3v) is 4.29. The number of aliphatic carboxylic acids is 1. The van der Waals surface area contributed by atoms with Crippen molar-refractivity contribution < 1.29 is 19.4 Å². The summed E-state index contributed by atoms with van der Waals surface area (Å²) in [5, 5.41) is 14.8. The molecule has 0 saturated carbocycles. The van der Waals surface area contributed by atoms with E-state index in [2.05, 4.69) is 10.6 Å². The maximum Gasteiger partial charge on any atom is 0.314 e. The number of carbonyl (C=O) groups is 2. The van der Waals surface area contributed by atoms with Crippen LogP contribution in [0.4, 0.5) is 4.79 Å². The van der Waals surface area contributed by atoms with Gasteiger partial charge in [-0.2, -0.15) is 0 Å². The lowest BCUT2D eigenvalue weighted by Gasteiger charge is -2.27. The van der Waals surface area contributed by atoms with E-state index in [1.54, 1.807) is 0 Å². The van der Waals surface area contributed by atoms with Crippen LogP contribution in [0, 0.1) is 11.3 Å². The van der Waals surface area contributed by atoms with Crippen molar-refractivity contribution in [3.05, 3.63) is 0 Å². The molecule has 0 atom stereocenters. The number of hydrogen-bond donors (Lipinski definition) is 3. The SMILES string of the molecule is CCC(CC)(CNC(=O)NCC1CCOCC1)C(=O)O. The highest BCUT2D eigenvalue weighted by atomic mass is 16.5. The highest BCUT2D eigenvalue weighted by molar-refractivity contribution is 5.78. The molecule has 1 saturated heterocycles. The van der Waals surface area contributed by atoms with Gasteiger partial charge in [0.1, 0.15) is 0 Å². The van der Waals surface area contributed by atoms with E-state index < -0.39 is 11.4 Å². The first-order chi connectivity index (χ1) is 9.54. The Labute approximate surface area is 120 Å². The largest absolute Gasteiger partial charge is 0.481 e. The van der Waals surface area contributed by atoms with E-state index in [1.165, 1.54) is 0 Å². The van der Waals surface area contributed by atoms with Crippen LogP contribution in [0.1, 0.15) is 39.5 Å². The average molecular weight is 286 g/mol. The summed E-state index contributed by atoms with van der Waals surface area (Å²) in [6.07, 6.45) is 2.92. The minimum Gasteiger partial charge on any atom is -0.481 e. The molecule has 0 unspecified atom stereocenters.